The van der Waals surface area contributed by atoms with Crippen LogP contribution in [0.4, 0.5) is 0 Å². The van der Waals surface area contributed by atoms with Crippen LogP contribution in [0.25, 0.3) is 0 Å². The van der Waals surface area contributed by atoms with Crippen molar-refractivity contribution in [2.24, 2.45) is 0 Å². The maximum Gasteiger partial charge on any atom is 0.118 e. The highest BCUT2D eigenvalue weighted by Gasteiger charge is 2.16. The highest BCUT2D eigenvalue weighted by Crippen LogP contribution is 2.11. The van der Waals surface area contributed by atoms with E-state index in [2.05, 4.69) is 29.3 Å². The van der Waals surface area contributed by atoms with Crippen molar-refractivity contribution in [2.45, 2.75) is 19.5 Å². The van der Waals surface area contributed by atoms with E-state index in [-0.39, 0.29) is 0 Å². The van der Waals surface area contributed by atoms with E-state index in [0.717, 1.165) is 45.1 Å². The predicted molar refractivity (Wildman–Crippen MR) is 76.6 cm³/mol. The molecule has 106 valence electrons. The Morgan fingerprint density at radius 1 is 1.26 bits per heavy atom. The highest BCUT2D eigenvalue weighted by atomic mass is 16.5. The molecule has 4 heteroatoms. The van der Waals surface area contributed by atoms with Crippen LogP contribution in [0.15, 0.2) is 24.3 Å². The number of methoxy groups -OCH3 is 1. The summed E-state index contributed by atoms with van der Waals surface area (Å²) in [6.45, 7) is 8.00. The molecule has 1 aliphatic heterocycles. The number of rotatable bonds is 6. The second-order valence-corrected chi connectivity index (χ2v) is 4.98. The second kappa shape index (κ2) is 7.48. The Hall–Kier alpha value is -1.10. The summed E-state index contributed by atoms with van der Waals surface area (Å²) in [6, 6.07) is 8.77. The molecule has 0 amide bonds. The Morgan fingerprint density at radius 3 is 2.58 bits per heavy atom. The van der Waals surface area contributed by atoms with Gasteiger partial charge in [0.2, 0.25) is 0 Å². The van der Waals surface area contributed by atoms with Gasteiger partial charge in [0, 0.05) is 32.2 Å². The van der Waals surface area contributed by atoms with Gasteiger partial charge in [-0.3, -0.25) is 4.90 Å². The molecular formula is C15H24N2O2. The van der Waals surface area contributed by atoms with Crippen LogP contribution in [-0.4, -0.2) is 50.9 Å². The number of hydrogen-bond acceptors (Lipinski definition) is 4. The fourth-order valence-corrected chi connectivity index (χ4v) is 2.32. The van der Waals surface area contributed by atoms with Crippen molar-refractivity contribution in [1.82, 2.24) is 10.2 Å². The average Bonchev–Trinajstić information content (AvgIpc) is 2.49. The van der Waals surface area contributed by atoms with Crippen LogP contribution in [0, 0.1) is 0 Å². The molecule has 4 nitrogen and oxygen atoms in total. The van der Waals surface area contributed by atoms with Gasteiger partial charge in [0.15, 0.2) is 0 Å². The molecule has 0 aromatic heterocycles. The molecule has 1 atom stereocenters. The van der Waals surface area contributed by atoms with Crippen molar-refractivity contribution in [2.75, 3.05) is 40.0 Å². The first kappa shape index (κ1) is 14.3. The van der Waals surface area contributed by atoms with Gasteiger partial charge in [0.1, 0.15) is 5.75 Å². The number of nitrogens with one attached hydrogen (secondary N) is 1. The van der Waals surface area contributed by atoms with Crippen LogP contribution in [-0.2, 0) is 11.3 Å². The minimum Gasteiger partial charge on any atom is -0.497 e. The summed E-state index contributed by atoms with van der Waals surface area (Å²) in [7, 11) is 1.69. The minimum atomic E-state index is 0.558. The molecule has 2 rings (SSSR count). The van der Waals surface area contributed by atoms with E-state index in [1.807, 2.05) is 12.1 Å². The fraction of sp³-hybridized carbons (Fsp3) is 0.600. The van der Waals surface area contributed by atoms with Gasteiger partial charge in [-0.25, -0.2) is 0 Å². The fourth-order valence-electron chi connectivity index (χ4n) is 2.32. The Kier molecular flexibility index (Phi) is 5.63. The summed E-state index contributed by atoms with van der Waals surface area (Å²) in [5.74, 6) is 0.908. The number of benzene rings is 1. The lowest BCUT2D eigenvalue weighted by Gasteiger charge is -2.32. The average molecular weight is 264 g/mol. The van der Waals surface area contributed by atoms with E-state index in [1.54, 1.807) is 7.11 Å². The summed E-state index contributed by atoms with van der Waals surface area (Å²) < 4.78 is 10.5. The van der Waals surface area contributed by atoms with Gasteiger partial charge in [-0.05, 0) is 24.6 Å². The molecule has 0 unspecified atom stereocenters. The maximum absolute atomic E-state index is 5.37. The number of ether oxygens (including phenoxy) is 2. The topological polar surface area (TPSA) is 33.7 Å². The molecule has 1 saturated heterocycles. The Morgan fingerprint density at radius 2 is 1.95 bits per heavy atom. The summed E-state index contributed by atoms with van der Waals surface area (Å²) in [5, 5.41) is 3.51. The summed E-state index contributed by atoms with van der Waals surface area (Å²) >= 11 is 0. The summed E-state index contributed by atoms with van der Waals surface area (Å²) in [5.41, 5.74) is 1.29. The summed E-state index contributed by atoms with van der Waals surface area (Å²) in [4.78, 5) is 2.48. The van der Waals surface area contributed by atoms with Gasteiger partial charge in [-0.15, -0.1) is 0 Å². The first-order valence-electron chi connectivity index (χ1n) is 6.95. The summed E-state index contributed by atoms with van der Waals surface area (Å²) in [6.07, 6.45) is 0. The first-order chi connectivity index (χ1) is 9.29. The van der Waals surface area contributed by atoms with Gasteiger partial charge < -0.3 is 14.8 Å². The molecule has 0 saturated carbocycles. The Bertz CT molecular complexity index is 361. The smallest absolute Gasteiger partial charge is 0.118 e. The molecule has 0 radical (unpaired) electrons. The molecule has 1 fully saturated rings. The Labute approximate surface area is 115 Å². The first-order valence-corrected chi connectivity index (χ1v) is 6.95. The zero-order valence-corrected chi connectivity index (χ0v) is 11.9. The molecule has 19 heavy (non-hydrogen) atoms. The lowest BCUT2D eigenvalue weighted by Crippen LogP contribution is -2.46. The van der Waals surface area contributed by atoms with Gasteiger partial charge in [-0.1, -0.05) is 12.1 Å². The largest absolute Gasteiger partial charge is 0.497 e. The van der Waals surface area contributed by atoms with E-state index in [1.165, 1.54) is 5.56 Å². The van der Waals surface area contributed by atoms with E-state index in [4.69, 9.17) is 9.47 Å². The normalized spacial score (nSPS) is 18.2. The minimum absolute atomic E-state index is 0.558. The zero-order valence-electron chi connectivity index (χ0n) is 11.9. The molecule has 1 N–H and O–H groups in total. The van der Waals surface area contributed by atoms with E-state index < -0.39 is 0 Å². The third-order valence-corrected chi connectivity index (χ3v) is 3.60. The van der Waals surface area contributed by atoms with Crippen molar-refractivity contribution in [3.63, 3.8) is 0 Å². The number of morpholine rings is 1. The van der Waals surface area contributed by atoms with Gasteiger partial charge in [0.05, 0.1) is 20.3 Å². The van der Waals surface area contributed by atoms with Crippen LogP contribution in [0.3, 0.4) is 0 Å². The van der Waals surface area contributed by atoms with Crippen LogP contribution in [0.2, 0.25) is 0 Å². The van der Waals surface area contributed by atoms with Crippen molar-refractivity contribution >= 4 is 0 Å². The van der Waals surface area contributed by atoms with Gasteiger partial charge in [0.25, 0.3) is 0 Å². The molecule has 1 aromatic rings. The Balaban J connectivity index is 1.69. The number of hydrogen-bond donors (Lipinski definition) is 1. The standard InChI is InChI=1S/C15H24N2O2/c1-13(17-7-9-19-10-8-17)11-16-12-14-3-5-15(18-2)6-4-14/h3-6,13,16H,7-12H2,1-2H3/t13-/m0/s1. The molecule has 0 bridgehead atoms. The van der Waals surface area contributed by atoms with E-state index >= 15 is 0 Å². The molecule has 0 spiro atoms. The molecule has 1 heterocycles. The van der Waals surface area contributed by atoms with Gasteiger partial charge >= 0.3 is 0 Å². The van der Waals surface area contributed by atoms with Gasteiger partial charge in [-0.2, -0.15) is 0 Å². The van der Waals surface area contributed by atoms with E-state index in [9.17, 15) is 0 Å². The van der Waals surface area contributed by atoms with Crippen molar-refractivity contribution in [3.05, 3.63) is 29.8 Å². The van der Waals surface area contributed by atoms with Crippen molar-refractivity contribution in [1.29, 1.82) is 0 Å². The predicted octanol–water partition coefficient (Wildman–Crippen LogP) is 1.51. The van der Waals surface area contributed by atoms with Crippen LogP contribution < -0.4 is 10.1 Å². The zero-order chi connectivity index (χ0) is 13.5. The van der Waals surface area contributed by atoms with Crippen LogP contribution >= 0.6 is 0 Å². The molecule has 1 aromatic carbocycles. The molecule has 1 aliphatic rings. The highest BCUT2D eigenvalue weighted by molar-refractivity contribution is 5.26. The molecule has 0 aliphatic carbocycles. The van der Waals surface area contributed by atoms with E-state index in [0.29, 0.717) is 6.04 Å². The SMILES string of the molecule is COc1ccc(CNC[C@H](C)N2CCOCC2)cc1. The third-order valence-electron chi connectivity index (χ3n) is 3.60. The lowest BCUT2D eigenvalue weighted by atomic mass is 10.2. The molecular weight excluding hydrogens is 240 g/mol. The lowest BCUT2D eigenvalue weighted by molar-refractivity contribution is 0.0203. The van der Waals surface area contributed by atoms with Crippen molar-refractivity contribution < 1.29 is 9.47 Å². The number of nitrogens with zero attached hydrogens (tertiary/aromatic N) is 1. The monoisotopic (exact) mass is 264 g/mol. The quantitative estimate of drug-likeness (QED) is 0.844. The van der Waals surface area contributed by atoms with Crippen LogP contribution in [0.5, 0.6) is 5.75 Å². The second-order valence-electron chi connectivity index (χ2n) is 4.98. The third kappa shape index (κ3) is 4.49. The van der Waals surface area contributed by atoms with Crippen molar-refractivity contribution in [3.8, 4) is 5.75 Å². The van der Waals surface area contributed by atoms with Crippen LogP contribution in [0.1, 0.15) is 12.5 Å². The maximum atomic E-state index is 5.37.